The Morgan fingerprint density at radius 1 is 1.00 bits per heavy atom. The maximum atomic E-state index is 12.4. The van der Waals surface area contributed by atoms with Gasteiger partial charge in [0.25, 0.3) is 0 Å². The van der Waals surface area contributed by atoms with Crippen molar-refractivity contribution < 1.29 is 4.79 Å². The summed E-state index contributed by atoms with van der Waals surface area (Å²) >= 11 is 1.72. The Balaban J connectivity index is 1.38. The van der Waals surface area contributed by atoms with E-state index in [1.807, 2.05) is 12.1 Å². The maximum Gasteiger partial charge on any atom is 0.227 e. The minimum Gasteiger partial charge on any atom is -0.348 e. The standard InChI is InChI=1S/C23H31N3OS/c1-26(20-10-6-3-7-11-20)23-25-21(16-28-23)17-12-14-19(15-13-17)24-22(27)18-8-4-2-5-9-18/h12-16,18,20H,2-11H2,1H3,(H,24,27). The van der Waals surface area contributed by atoms with Gasteiger partial charge < -0.3 is 10.2 Å². The lowest BCUT2D eigenvalue weighted by Gasteiger charge is -2.30. The molecule has 0 bridgehead atoms. The number of thiazole rings is 1. The van der Waals surface area contributed by atoms with Crippen molar-refractivity contribution in [2.24, 2.45) is 5.92 Å². The maximum absolute atomic E-state index is 12.4. The van der Waals surface area contributed by atoms with Gasteiger partial charge >= 0.3 is 0 Å². The molecule has 2 fully saturated rings. The summed E-state index contributed by atoms with van der Waals surface area (Å²) in [4.78, 5) is 19.7. The third-order valence-electron chi connectivity index (χ3n) is 6.34. The first-order chi connectivity index (χ1) is 13.7. The molecule has 28 heavy (non-hydrogen) atoms. The summed E-state index contributed by atoms with van der Waals surface area (Å²) in [7, 11) is 2.18. The zero-order valence-electron chi connectivity index (χ0n) is 16.8. The van der Waals surface area contributed by atoms with E-state index in [4.69, 9.17) is 4.98 Å². The van der Waals surface area contributed by atoms with Gasteiger partial charge in [0.2, 0.25) is 5.91 Å². The van der Waals surface area contributed by atoms with Crippen molar-refractivity contribution in [2.75, 3.05) is 17.3 Å². The molecule has 1 heterocycles. The van der Waals surface area contributed by atoms with Gasteiger partial charge in [0.15, 0.2) is 5.13 Å². The first-order valence-electron chi connectivity index (χ1n) is 10.8. The predicted octanol–water partition coefficient (Wildman–Crippen LogP) is 6.10. The number of carbonyl (C=O) groups excluding carboxylic acids is 1. The molecule has 0 spiro atoms. The van der Waals surface area contributed by atoms with Crippen LogP contribution in [-0.4, -0.2) is 24.0 Å². The van der Waals surface area contributed by atoms with E-state index in [0.717, 1.165) is 34.9 Å². The number of carbonyl (C=O) groups is 1. The number of hydrogen-bond acceptors (Lipinski definition) is 4. The normalized spacial score (nSPS) is 18.8. The van der Waals surface area contributed by atoms with Crippen LogP contribution in [0.3, 0.4) is 0 Å². The Morgan fingerprint density at radius 2 is 1.64 bits per heavy atom. The number of amides is 1. The van der Waals surface area contributed by atoms with Crippen LogP contribution in [0.5, 0.6) is 0 Å². The van der Waals surface area contributed by atoms with Gasteiger partial charge in [0.1, 0.15) is 0 Å². The fourth-order valence-electron chi connectivity index (χ4n) is 4.52. The SMILES string of the molecule is CN(c1nc(-c2ccc(NC(=O)C3CCCCC3)cc2)cs1)C1CCCCC1. The molecule has 4 rings (SSSR count). The lowest BCUT2D eigenvalue weighted by atomic mass is 9.88. The number of nitrogens with one attached hydrogen (secondary N) is 1. The topological polar surface area (TPSA) is 45.2 Å². The summed E-state index contributed by atoms with van der Waals surface area (Å²) in [6, 6.07) is 8.76. The fourth-order valence-corrected chi connectivity index (χ4v) is 5.39. The van der Waals surface area contributed by atoms with Gasteiger partial charge in [-0.05, 0) is 37.8 Å². The Kier molecular flexibility index (Phi) is 6.30. The molecule has 150 valence electrons. The van der Waals surface area contributed by atoms with E-state index in [-0.39, 0.29) is 11.8 Å². The summed E-state index contributed by atoms with van der Waals surface area (Å²) < 4.78 is 0. The highest BCUT2D eigenvalue weighted by atomic mass is 32.1. The zero-order valence-corrected chi connectivity index (χ0v) is 17.6. The van der Waals surface area contributed by atoms with Crippen LogP contribution < -0.4 is 10.2 Å². The third-order valence-corrected chi connectivity index (χ3v) is 7.27. The number of anilines is 2. The number of rotatable bonds is 5. The van der Waals surface area contributed by atoms with E-state index in [9.17, 15) is 4.79 Å². The van der Waals surface area contributed by atoms with E-state index < -0.39 is 0 Å². The molecule has 0 saturated heterocycles. The van der Waals surface area contributed by atoms with Gasteiger partial charge in [0, 0.05) is 35.6 Å². The minimum absolute atomic E-state index is 0.178. The molecule has 2 aliphatic carbocycles. The van der Waals surface area contributed by atoms with Crippen LogP contribution in [0.4, 0.5) is 10.8 Å². The molecule has 0 radical (unpaired) electrons. The van der Waals surface area contributed by atoms with Crippen LogP contribution in [0.2, 0.25) is 0 Å². The van der Waals surface area contributed by atoms with Crippen LogP contribution in [-0.2, 0) is 4.79 Å². The number of nitrogens with zero attached hydrogens (tertiary/aromatic N) is 2. The molecule has 0 atom stereocenters. The van der Waals surface area contributed by atoms with Crippen molar-refractivity contribution >= 4 is 28.1 Å². The summed E-state index contributed by atoms with van der Waals surface area (Å²) in [6.07, 6.45) is 12.3. The van der Waals surface area contributed by atoms with Gasteiger partial charge in [-0.15, -0.1) is 11.3 Å². The second-order valence-electron chi connectivity index (χ2n) is 8.32. The summed E-state index contributed by atoms with van der Waals surface area (Å²) in [5.41, 5.74) is 3.01. The highest BCUT2D eigenvalue weighted by Crippen LogP contribution is 2.32. The minimum atomic E-state index is 0.178. The summed E-state index contributed by atoms with van der Waals surface area (Å²) in [5.74, 6) is 0.363. The summed E-state index contributed by atoms with van der Waals surface area (Å²) in [5, 5.41) is 6.34. The van der Waals surface area contributed by atoms with E-state index in [0.29, 0.717) is 6.04 Å². The van der Waals surface area contributed by atoms with Crippen molar-refractivity contribution in [3.05, 3.63) is 29.6 Å². The average Bonchev–Trinajstić information content (AvgIpc) is 3.25. The van der Waals surface area contributed by atoms with Gasteiger partial charge in [-0.3, -0.25) is 4.79 Å². The smallest absolute Gasteiger partial charge is 0.227 e. The molecule has 5 heteroatoms. The van der Waals surface area contributed by atoms with Crippen LogP contribution in [0.1, 0.15) is 64.2 Å². The number of aromatic nitrogens is 1. The lowest BCUT2D eigenvalue weighted by molar-refractivity contribution is -0.120. The monoisotopic (exact) mass is 397 g/mol. The largest absolute Gasteiger partial charge is 0.348 e. The Bertz CT molecular complexity index is 773. The molecule has 1 aromatic heterocycles. The van der Waals surface area contributed by atoms with Gasteiger partial charge in [-0.1, -0.05) is 50.7 Å². The molecule has 2 saturated carbocycles. The van der Waals surface area contributed by atoms with E-state index in [1.165, 1.54) is 51.4 Å². The third kappa shape index (κ3) is 4.57. The lowest BCUT2D eigenvalue weighted by Crippen LogP contribution is -2.33. The molecule has 1 N–H and O–H groups in total. The highest BCUT2D eigenvalue weighted by Gasteiger charge is 2.22. The summed E-state index contributed by atoms with van der Waals surface area (Å²) in [6.45, 7) is 0. The highest BCUT2D eigenvalue weighted by molar-refractivity contribution is 7.14. The molecule has 4 nitrogen and oxygen atoms in total. The molecule has 0 aliphatic heterocycles. The van der Waals surface area contributed by atoms with E-state index >= 15 is 0 Å². The van der Waals surface area contributed by atoms with Crippen LogP contribution in [0, 0.1) is 5.92 Å². The van der Waals surface area contributed by atoms with Crippen LogP contribution in [0.25, 0.3) is 11.3 Å². The zero-order chi connectivity index (χ0) is 19.3. The van der Waals surface area contributed by atoms with E-state index in [1.54, 1.807) is 11.3 Å². The van der Waals surface area contributed by atoms with Crippen LogP contribution in [0.15, 0.2) is 29.6 Å². The number of benzene rings is 1. The first-order valence-corrected chi connectivity index (χ1v) is 11.7. The Hall–Kier alpha value is -1.88. The van der Waals surface area contributed by atoms with Crippen molar-refractivity contribution in [2.45, 2.75) is 70.3 Å². The molecular formula is C23H31N3OS. The predicted molar refractivity (Wildman–Crippen MR) is 118 cm³/mol. The Morgan fingerprint density at radius 3 is 2.32 bits per heavy atom. The molecule has 1 aromatic carbocycles. The van der Waals surface area contributed by atoms with Crippen molar-refractivity contribution in [3.8, 4) is 11.3 Å². The van der Waals surface area contributed by atoms with Gasteiger partial charge in [-0.25, -0.2) is 4.98 Å². The second kappa shape index (κ2) is 9.08. The van der Waals surface area contributed by atoms with Crippen molar-refractivity contribution in [1.29, 1.82) is 0 Å². The molecule has 1 amide bonds. The van der Waals surface area contributed by atoms with E-state index in [2.05, 4.69) is 34.8 Å². The van der Waals surface area contributed by atoms with Crippen LogP contribution >= 0.6 is 11.3 Å². The second-order valence-corrected chi connectivity index (χ2v) is 9.16. The quantitative estimate of drug-likeness (QED) is 0.663. The molecule has 2 aliphatic rings. The Labute approximate surface area is 172 Å². The first kappa shape index (κ1) is 19.4. The van der Waals surface area contributed by atoms with Gasteiger partial charge in [-0.2, -0.15) is 0 Å². The van der Waals surface area contributed by atoms with Crippen molar-refractivity contribution in [1.82, 2.24) is 4.98 Å². The number of hydrogen-bond donors (Lipinski definition) is 1. The molecule has 0 unspecified atom stereocenters. The fraction of sp³-hybridized carbons (Fsp3) is 0.565. The average molecular weight is 398 g/mol. The van der Waals surface area contributed by atoms with Crippen molar-refractivity contribution in [3.63, 3.8) is 0 Å². The molecule has 2 aromatic rings. The molecular weight excluding hydrogens is 366 g/mol. The van der Waals surface area contributed by atoms with Gasteiger partial charge in [0.05, 0.1) is 5.69 Å².